The molecule has 0 aliphatic heterocycles. The van der Waals surface area contributed by atoms with E-state index in [1.165, 1.54) is 49.7 Å². The molecule has 0 saturated heterocycles. The Bertz CT molecular complexity index is 411. The van der Waals surface area contributed by atoms with Gasteiger partial charge >= 0.3 is 0 Å². The van der Waals surface area contributed by atoms with Gasteiger partial charge in [0.2, 0.25) is 0 Å². The van der Waals surface area contributed by atoms with Gasteiger partial charge in [0.1, 0.15) is 0 Å². The van der Waals surface area contributed by atoms with Gasteiger partial charge in [-0.2, -0.15) is 0 Å². The predicted molar refractivity (Wildman–Crippen MR) is 91.9 cm³/mol. The molecule has 1 aliphatic rings. The van der Waals surface area contributed by atoms with Crippen molar-refractivity contribution in [3.63, 3.8) is 0 Å². The van der Waals surface area contributed by atoms with Gasteiger partial charge in [0.05, 0.1) is 0 Å². The summed E-state index contributed by atoms with van der Waals surface area (Å²) in [5.41, 5.74) is 6.14. The van der Waals surface area contributed by atoms with Crippen LogP contribution >= 0.6 is 0 Å². The van der Waals surface area contributed by atoms with Crippen LogP contribution in [-0.4, -0.2) is 0 Å². The lowest BCUT2D eigenvalue weighted by molar-refractivity contribution is 0.589. The molecule has 1 rings (SSSR count). The fourth-order valence-corrected chi connectivity index (χ4v) is 2.62. The second kappa shape index (κ2) is 9.00. The molecule has 1 unspecified atom stereocenters. The SMILES string of the molecule is CC(C)=CCC/C(C)=C/CCC(C)C1=CC=C(C)CC1. The van der Waals surface area contributed by atoms with Crippen molar-refractivity contribution in [1.82, 2.24) is 0 Å². The lowest BCUT2D eigenvalue weighted by atomic mass is 9.88. The molecule has 0 fully saturated rings. The number of allylic oxidation sites excluding steroid dienone is 8. The first-order chi connectivity index (χ1) is 9.49. The van der Waals surface area contributed by atoms with E-state index in [0.29, 0.717) is 0 Å². The van der Waals surface area contributed by atoms with Crippen molar-refractivity contribution >= 4 is 0 Å². The number of hydrogen-bond acceptors (Lipinski definition) is 0. The van der Waals surface area contributed by atoms with Crippen molar-refractivity contribution in [2.24, 2.45) is 5.92 Å². The predicted octanol–water partition coefficient (Wildman–Crippen LogP) is 6.76. The Morgan fingerprint density at radius 1 is 1.10 bits per heavy atom. The van der Waals surface area contributed by atoms with Crippen molar-refractivity contribution in [3.8, 4) is 0 Å². The quantitative estimate of drug-likeness (QED) is 0.449. The first-order valence-electron chi connectivity index (χ1n) is 8.14. The van der Waals surface area contributed by atoms with Crippen LogP contribution in [0.15, 0.2) is 46.6 Å². The summed E-state index contributed by atoms with van der Waals surface area (Å²) in [6, 6.07) is 0. The zero-order valence-electron chi connectivity index (χ0n) is 14.1. The van der Waals surface area contributed by atoms with Crippen LogP contribution in [0, 0.1) is 5.92 Å². The second-order valence-electron chi connectivity index (χ2n) is 6.60. The Morgan fingerprint density at radius 2 is 1.85 bits per heavy atom. The Balaban J connectivity index is 2.30. The van der Waals surface area contributed by atoms with Crippen molar-refractivity contribution in [2.75, 3.05) is 0 Å². The Hall–Kier alpha value is -1.04. The van der Waals surface area contributed by atoms with Gasteiger partial charge in [-0.05, 0) is 72.1 Å². The summed E-state index contributed by atoms with van der Waals surface area (Å²) in [6.07, 6.45) is 16.9. The van der Waals surface area contributed by atoms with E-state index < -0.39 is 0 Å². The van der Waals surface area contributed by atoms with Crippen LogP contribution in [0.25, 0.3) is 0 Å². The Morgan fingerprint density at radius 3 is 2.45 bits per heavy atom. The highest BCUT2D eigenvalue weighted by Gasteiger charge is 2.10. The normalized spacial score (nSPS) is 17.4. The van der Waals surface area contributed by atoms with E-state index in [9.17, 15) is 0 Å². The molecule has 0 bridgehead atoms. The van der Waals surface area contributed by atoms with Crippen LogP contribution in [0.5, 0.6) is 0 Å². The minimum atomic E-state index is 0.737. The van der Waals surface area contributed by atoms with Gasteiger partial charge in [0.25, 0.3) is 0 Å². The Kier molecular flexibility index (Phi) is 7.65. The van der Waals surface area contributed by atoms with Gasteiger partial charge in [0, 0.05) is 0 Å². The van der Waals surface area contributed by atoms with E-state index in [0.717, 1.165) is 5.92 Å². The molecular formula is C20H32. The van der Waals surface area contributed by atoms with Crippen molar-refractivity contribution in [2.45, 2.75) is 73.1 Å². The fraction of sp³-hybridized carbons (Fsp3) is 0.600. The number of rotatable bonds is 7. The largest absolute Gasteiger partial charge is 0.0856 e. The van der Waals surface area contributed by atoms with E-state index in [1.54, 1.807) is 11.1 Å². The summed E-state index contributed by atoms with van der Waals surface area (Å²) in [4.78, 5) is 0. The highest BCUT2D eigenvalue weighted by Crippen LogP contribution is 2.27. The van der Waals surface area contributed by atoms with E-state index in [2.05, 4.69) is 58.9 Å². The molecule has 0 amide bonds. The lowest BCUT2D eigenvalue weighted by Crippen LogP contribution is -2.02. The molecule has 112 valence electrons. The average Bonchev–Trinajstić information content (AvgIpc) is 2.39. The Labute approximate surface area is 126 Å². The third-order valence-electron chi connectivity index (χ3n) is 4.21. The summed E-state index contributed by atoms with van der Waals surface area (Å²) in [5.74, 6) is 0.737. The molecule has 0 aromatic carbocycles. The van der Waals surface area contributed by atoms with Crippen LogP contribution in [0.3, 0.4) is 0 Å². The molecule has 0 spiro atoms. The van der Waals surface area contributed by atoms with Crippen molar-refractivity contribution < 1.29 is 0 Å². The third kappa shape index (κ3) is 6.93. The van der Waals surface area contributed by atoms with E-state index >= 15 is 0 Å². The first kappa shape index (κ1) is 17.0. The van der Waals surface area contributed by atoms with E-state index in [4.69, 9.17) is 0 Å². The minimum Gasteiger partial charge on any atom is -0.0856 e. The van der Waals surface area contributed by atoms with Gasteiger partial charge in [-0.15, -0.1) is 0 Å². The maximum atomic E-state index is 2.44. The molecule has 0 N–H and O–H groups in total. The molecule has 0 radical (unpaired) electrons. The van der Waals surface area contributed by atoms with Crippen molar-refractivity contribution in [3.05, 3.63) is 46.6 Å². The van der Waals surface area contributed by atoms with Crippen LogP contribution in [0.2, 0.25) is 0 Å². The third-order valence-corrected chi connectivity index (χ3v) is 4.21. The zero-order valence-corrected chi connectivity index (χ0v) is 14.1. The van der Waals surface area contributed by atoms with Gasteiger partial charge in [-0.3, -0.25) is 0 Å². The smallest absolute Gasteiger partial charge is 0.0225 e. The first-order valence-corrected chi connectivity index (χ1v) is 8.14. The van der Waals surface area contributed by atoms with Gasteiger partial charge < -0.3 is 0 Å². The molecule has 0 heteroatoms. The summed E-state index contributed by atoms with van der Waals surface area (Å²) in [5, 5.41) is 0. The molecule has 1 atom stereocenters. The summed E-state index contributed by atoms with van der Waals surface area (Å²) >= 11 is 0. The highest BCUT2D eigenvalue weighted by molar-refractivity contribution is 5.24. The van der Waals surface area contributed by atoms with Gasteiger partial charge in [-0.1, -0.05) is 53.5 Å². The fourth-order valence-electron chi connectivity index (χ4n) is 2.62. The monoisotopic (exact) mass is 272 g/mol. The summed E-state index contributed by atoms with van der Waals surface area (Å²) < 4.78 is 0. The molecule has 0 nitrogen and oxygen atoms in total. The zero-order chi connectivity index (χ0) is 15.0. The van der Waals surface area contributed by atoms with Crippen LogP contribution in [-0.2, 0) is 0 Å². The summed E-state index contributed by atoms with van der Waals surface area (Å²) in [7, 11) is 0. The molecule has 1 aliphatic carbocycles. The standard InChI is InChI=1S/C20H32/c1-16(2)8-6-9-17(3)10-7-11-19(5)20-14-12-18(4)13-15-20/h8,10,12,14,19H,6-7,9,11,13,15H2,1-5H3/b17-10+. The van der Waals surface area contributed by atoms with Crippen LogP contribution < -0.4 is 0 Å². The van der Waals surface area contributed by atoms with E-state index in [1.807, 2.05) is 0 Å². The molecule has 0 aromatic heterocycles. The average molecular weight is 272 g/mol. The lowest BCUT2D eigenvalue weighted by Gasteiger charge is -2.18. The molecular weight excluding hydrogens is 240 g/mol. The van der Waals surface area contributed by atoms with Gasteiger partial charge in [0.15, 0.2) is 0 Å². The van der Waals surface area contributed by atoms with Crippen LogP contribution in [0.4, 0.5) is 0 Å². The summed E-state index contributed by atoms with van der Waals surface area (Å²) in [6.45, 7) is 11.2. The van der Waals surface area contributed by atoms with Gasteiger partial charge in [-0.25, -0.2) is 0 Å². The highest BCUT2D eigenvalue weighted by atomic mass is 14.2. The van der Waals surface area contributed by atoms with Crippen LogP contribution in [0.1, 0.15) is 73.1 Å². The maximum Gasteiger partial charge on any atom is -0.0225 e. The molecule has 0 heterocycles. The van der Waals surface area contributed by atoms with E-state index in [-0.39, 0.29) is 0 Å². The number of hydrogen-bond donors (Lipinski definition) is 0. The second-order valence-corrected chi connectivity index (χ2v) is 6.60. The van der Waals surface area contributed by atoms with Crippen molar-refractivity contribution in [1.29, 1.82) is 0 Å². The molecule has 0 aromatic rings. The minimum absolute atomic E-state index is 0.737. The molecule has 0 saturated carbocycles. The molecule has 20 heavy (non-hydrogen) atoms. The maximum absolute atomic E-state index is 2.44. The topological polar surface area (TPSA) is 0 Å².